The summed E-state index contributed by atoms with van der Waals surface area (Å²) < 4.78 is 12.2. The molecular formula is C22H27N5O4. The quantitative estimate of drug-likeness (QED) is 0.422. The molecule has 2 aromatic heterocycles. The van der Waals surface area contributed by atoms with Gasteiger partial charge < -0.3 is 19.7 Å². The van der Waals surface area contributed by atoms with Gasteiger partial charge in [-0.15, -0.1) is 0 Å². The summed E-state index contributed by atoms with van der Waals surface area (Å²) >= 11 is 0. The fourth-order valence-electron chi connectivity index (χ4n) is 3.67. The van der Waals surface area contributed by atoms with Gasteiger partial charge in [0.2, 0.25) is 0 Å². The summed E-state index contributed by atoms with van der Waals surface area (Å²) in [4.78, 5) is 32.6. The summed E-state index contributed by atoms with van der Waals surface area (Å²) in [6, 6.07) is 5.55. The van der Waals surface area contributed by atoms with E-state index >= 15 is 0 Å². The van der Waals surface area contributed by atoms with Gasteiger partial charge in [-0.2, -0.15) is 5.26 Å². The second-order valence-electron chi connectivity index (χ2n) is 7.62. The van der Waals surface area contributed by atoms with Gasteiger partial charge in [-0.05, 0) is 38.5 Å². The zero-order valence-electron chi connectivity index (χ0n) is 18.2. The summed E-state index contributed by atoms with van der Waals surface area (Å²) in [6.45, 7) is 7.47. The molecule has 1 aliphatic rings. The molecule has 9 heteroatoms. The minimum absolute atomic E-state index is 0.0505. The van der Waals surface area contributed by atoms with Crippen molar-refractivity contribution < 1.29 is 14.3 Å². The predicted octanol–water partition coefficient (Wildman–Crippen LogP) is 1.29. The molecule has 2 atom stereocenters. The van der Waals surface area contributed by atoms with Crippen molar-refractivity contribution in [2.24, 2.45) is 0 Å². The van der Waals surface area contributed by atoms with E-state index < -0.39 is 5.91 Å². The van der Waals surface area contributed by atoms with E-state index in [9.17, 15) is 14.9 Å². The van der Waals surface area contributed by atoms with Gasteiger partial charge in [-0.25, -0.2) is 4.98 Å². The summed E-state index contributed by atoms with van der Waals surface area (Å²) in [5, 5.41) is 12.2. The summed E-state index contributed by atoms with van der Waals surface area (Å²) in [6.07, 6.45) is 2.86. The number of morpholine rings is 1. The number of nitrogens with one attached hydrogen (secondary N) is 1. The minimum Gasteiger partial charge on any atom is -0.383 e. The zero-order valence-corrected chi connectivity index (χ0v) is 18.2. The van der Waals surface area contributed by atoms with Crippen molar-refractivity contribution in [3.8, 4) is 6.07 Å². The third kappa shape index (κ3) is 4.93. The smallest absolute Gasteiger partial charge is 0.267 e. The van der Waals surface area contributed by atoms with E-state index in [1.165, 1.54) is 17.6 Å². The molecule has 1 aliphatic heterocycles. The van der Waals surface area contributed by atoms with Crippen molar-refractivity contribution in [2.75, 3.05) is 38.3 Å². The molecule has 0 spiro atoms. The van der Waals surface area contributed by atoms with Crippen LogP contribution in [0.5, 0.6) is 0 Å². The van der Waals surface area contributed by atoms with Gasteiger partial charge in [0.1, 0.15) is 23.1 Å². The molecule has 0 radical (unpaired) electrons. The highest BCUT2D eigenvalue weighted by Gasteiger charge is 2.27. The molecule has 164 valence electrons. The molecule has 9 nitrogen and oxygen atoms in total. The minimum atomic E-state index is -0.567. The van der Waals surface area contributed by atoms with Gasteiger partial charge >= 0.3 is 0 Å². The van der Waals surface area contributed by atoms with Crippen molar-refractivity contribution in [3.05, 3.63) is 45.4 Å². The number of hydrogen-bond donors (Lipinski definition) is 1. The number of aromatic nitrogens is 2. The van der Waals surface area contributed by atoms with Crippen molar-refractivity contribution in [1.82, 2.24) is 14.7 Å². The number of aryl methyl sites for hydroxylation is 1. The lowest BCUT2D eigenvalue weighted by Crippen LogP contribution is -2.46. The summed E-state index contributed by atoms with van der Waals surface area (Å²) in [5.41, 5.74) is 1.08. The average Bonchev–Trinajstić information content (AvgIpc) is 2.73. The van der Waals surface area contributed by atoms with Crippen LogP contribution in [0.3, 0.4) is 0 Å². The number of carbonyl (C=O) groups excluding carboxylic acids is 1. The molecule has 0 unspecified atom stereocenters. The van der Waals surface area contributed by atoms with Crippen molar-refractivity contribution in [3.63, 3.8) is 0 Å². The number of amides is 1. The Balaban J connectivity index is 2.16. The first-order valence-corrected chi connectivity index (χ1v) is 10.2. The van der Waals surface area contributed by atoms with E-state index in [-0.39, 0.29) is 35.4 Å². The van der Waals surface area contributed by atoms with Gasteiger partial charge in [0, 0.05) is 32.9 Å². The molecule has 2 aromatic rings. The molecule has 0 saturated carbocycles. The lowest BCUT2D eigenvalue weighted by atomic mass is 10.1. The number of nitriles is 1. The van der Waals surface area contributed by atoms with Crippen molar-refractivity contribution >= 4 is 23.4 Å². The van der Waals surface area contributed by atoms with Crippen LogP contribution in [0.25, 0.3) is 11.7 Å². The number of carbonyl (C=O) groups is 1. The first-order chi connectivity index (χ1) is 14.8. The monoisotopic (exact) mass is 425 g/mol. The lowest BCUT2D eigenvalue weighted by molar-refractivity contribution is -0.117. The Kier molecular flexibility index (Phi) is 7.05. The largest absolute Gasteiger partial charge is 0.383 e. The maximum atomic E-state index is 13.4. The molecule has 0 bridgehead atoms. The van der Waals surface area contributed by atoms with Crippen molar-refractivity contribution in [2.45, 2.75) is 33.0 Å². The Morgan fingerprint density at radius 2 is 2.13 bits per heavy atom. The Labute approximate surface area is 180 Å². The molecule has 31 heavy (non-hydrogen) atoms. The topological polar surface area (TPSA) is 109 Å². The fourth-order valence-corrected chi connectivity index (χ4v) is 3.67. The number of anilines is 1. The van der Waals surface area contributed by atoms with Gasteiger partial charge in [0.15, 0.2) is 0 Å². The van der Waals surface area contributed by atoms with Gasteiger partial charge in [-0.3, -0.25) is 14.0 Å². The van der Waals surface area contributed by atoms with E-state index in [1.54, 1.807) is 12.3 Å². The lowest BCUT2D eigenvalue weighted by Gasteiger charge is -2.36. The summed E-state index contributed by atoms with van der Waals surface area (Å²) in [7, 11) is 1.52. The van der Waals surface area contributed by atoms with E-state index in [0.717, 1.165) is 5.56 Å². The van der Waals surface area contributed by atoms with Crippen LogP contribution in [0.15, 0.2) is 28.7 Å². The van der Waals surface area contributed by atoms with Gasteiger partial charge in [0.05, 0.1) is 24.4 Å². The molecule has 3 rings (SSSR count). The van der Waals surface area contributed by atoms with E-state index in [4.69, 9.17) is 14.5 Å². The maximum absolute atomic E-state index is 13.4. The normalized spacial score (nSPS) is 19.3. The van der Waals surface area contributed by atoms with Crippen LogP contribution in [0.2, 0.25) is 0 Å². The molecule has 1 saturated heterocycles. The second kappa shape index (κ2) is 9.73. The molecule has 0 aromatic carbocycles. The first-order valence-electron chi connectivity index (χ1n) is 10.2. The van der Waals surface area contributed by atoms with E-state index in [1.807, 2.05) is 37.8 Å². The third-order valence-electron chi connectivity index (χ3n) is 5.03. The standard InChI is InChI=1S/C22H27N5O4/c1-14-6-5-8-27-19(14)25-20(26-12-15(2)31-16(3)13-26)18(22(27)29)10-17(11-23)21(28)24-7-9-30-4/h5-6,8,10,15-16H,7,9,12-13H2,1-4H3,(H,24,28)/b17-10+/t15-,16+. The zero-order chi connectivity index (χ0) is 22.5. The number of hydrogen-bond acceptors (Lipinski definition) is 7. The number of methoxy groups -OCH3 is 1. The highest BCUT2D eigenvalue weighted by molar-refractivity contribution is 6.02. The van der Waals surface area contributed by atoms with Crippen LogP contribution >= 0.6 is 0 Å². The summed E-state index contributed by atoms with van der Waals surface area (Å²) in [5.74, 6) is -0.123. The van der Waals surface area contributed by atoms with E-state index in [0.29, 0.717) is 31.2 Å². The van der Waals surface area contributed by atoms with Gasteiger partial charge in [0.25, 0.3) is 11.5 Å². The molecule has 1 amide bonds. The number of fused-ring (bicyclic) bond motifs is 1. The Morgan fingerprint density at radius 1 is 1.42 bits per heavy atom. The Hall–Kier alpha value is -3.22. The predicted molar refractivity (Wildman–Crippen MR) is 117 cm³/mol. The van der Waals surface area contributed by atoms with Crippen LogP contribution in [-0.4, -0.2) is 60.9 Å². The molecule has 1 N–H and O–H groups in total. The van der Waals surface area contributed by atoms with E-state index in [2.05, 4.69) is 5.32 Å². The fraction of sp³-hybridized carbons (Fsp3) is 0.455. The van der Waals surface area contributed by atoms with Crippen LogP contribution in [0.4, 0.5) is 5.82 Å². The number of rotatable bonds is 6. The van der Waals surface area contributed by atoms with Crippen LogP contribution in [-0.2, 0) is 14.3 Å². The van der Waals surface area contributed by atoms with Crippen molar-refractivity contribution in [1.29, 1.82) is 5.26 Å². The Bertz CT molecular complexity index is 1090. The van der Waals surface area contributed by atoms with Crippen LogP contribution < -0.4 is 15.8 Å². The van der Waals surface area contributed by atoms with Crippen LogP contribution in [0.1, 0.15) is 25.0 Å². The third-order valence-corrected chi connectivity index (χ3v) is 5.03. The van der Waals surface area contributed by atoms with Gasteiger partial charge in [-0.1, -0.05) is 6.07 Å². The van der Waals surface area contributed by atoms with Crippen LogP contribution in [0, 0.1) is 18.3 Å². The number of ether oxygens (including phenoxy) is 2. The number of pyridine rings is 1. The highest BCUT2D eigenvalue weighted by atomic mass is 16.5. The Morgan fingerprint density at radius 3 is 2.77 bits per heavy atom. The second-order valence-corrected chi connectivity index (χ2v) is 7.62. The molecular weight excluding hydrogens is 398 g/mol. The molecule has 3 heterocycles. The first kappa shape index (κ1) is 22.5. The average molecular weight is 425 g/mol. The highest BCUT2D eigenvalue weighted by Crippen LogP contribution is 2.24. The molecule has 1 fully saturated rings. The maximum Gasteiger partial charge on any atom is 0.267 e. The number of nitrogens with zero attached hydrogens (tertiary/aromatic N) is 4. The molecule has 0 aliphatic carbocycles. The SMILES string of the molecule is COCCNC(=O)/C(C#N)=C/c1c(N2C[C@@H](C)O[C@@H](C)C2)nc2c(C)cccn2c1=O.